The van der Waals surface area contributed by atoms with E-state index in [0.717, 1.165) is 0 Å². The van der Waals surface area contributed by atoms with Gasteiger partial charge < -0.3 is 44.3 Å². The van der Waals surface area contributed by atoms with Gasteiger partial charge in [0.2, 0.25) is 0 Å². The normalized spacial score (nSPS) is 5.45. The summed E-state index contributed by atoms with van der Waals surface area (Å²) in [7, 11) is 0. The maximum Gasteiger partial charge on any atom is 4.00 e. The van der Waals surface area contributed by atoms with E-state index in [0.29, 0.717) is 16.4 Å². The van der Waals surface area contributed by atoms with Crippen LogP contribution in [-0.4, -0.2) is 0 Å². The molecule has 0 aliphatic carbocycles. The monoisotopic (exact) mass is 368 g/mol. The summed E-state index contributed by atoms with van der Waals surface area (Å²) in [6.07, 6.45) is 0.659. The Morgan fingerprint density at radius 3 is 1.73 bits per heavy atom. The molecule has 4 heteroatoms. The Bertz CT molecular complexity index is 145. The molecule has 0 bridgehead atoms. The van der Waals surface area contributed by atoms with E-state index in [1.165, 1.54) is 0 Å². The summed E-state index contributed by atoms with van der Waals surface area (Å²) in [6.45, 7) is 8.39. The van der Waals surface area contributed by atoms with Crippen LogP contribution in [0.4, 0.5) is 0 Å². The van der Waals surface area contributed by atoms with Crippen LogP contribution in [0.2, 0.25) is 0 Å². The van der Waals surface area contributed by atoms with E-state index >= 15 is 0 Å². The standard InChI is InChI=1S/C5H7NS2.2CH3.Pt/c1-3-4(6-2)5(7)8;;;/h7-8H,3H2,1H3;2*1H3;/q;2*-1;+4/p-2. The van der Waals surface area contributed by atoms with Gasteiger partial charge in [-0.2, -0.15) is 0 Å². The molecule has 0 aromatic heterocycles. The molecule has 0 N–H and O–H groups in total. The quantitative estimate of drug-likeness (QED) is 0.517. The first-order valence-corrected chi connectivity index (χ1v) is 2.98. The molecular weight excluding hydrogens is 357 g/mol. The van der Waals surface area contributed by atoms with Gasteiger partial charge in [-0.3, -0.25) is 0 Å². The van der Waals surface area contributed by atoms with Crippen LogP contribution in [0.5, 0.6) is 0 Å². The van der Waals surface area contributed by atoms with E-state index in [4.69, 9.17) is 6.57 Å². The van der Waals surface area contributed by atoms with E-state index in [9.17, 15) is 0 Å². The second kappa shape index (κ2) is 13.0. The fourth-order valence-corrected chi connectivity index (χ4v) is 0.649. The fourth-order valence-electron chi connectivity index (χ4n) is 0.269. The predicted molar refractivity (Wildman–Crippen MR) is 51.5 cm³/mol. The van der Waals surface area contributed by atoms with Gasteiger partial charge >= 0.3 is 21.1 Å². The zero-order chi connectivity index (χ0) is 6.57. The number of rotatable bonds is 1. The fraction of sp³-hybridized carbons (Fsp3) is 0.286. The summed E-state index contributed by atoms with van der Waals surface area (Å²) in [4.78, 5) is 3.13. The molecule has 11 heavy (non-hydrogen) atoms. The maximum atomic E-state index is 6.52. The van der Waals surface area contributed by atoms with E-state index in [1.807, 2.05) is 6.92 Å². The zero-order valence-electron chi connectivity index (χ0n) is 6.79. The van der Waals surface area contributed by atoms with E-state index in [1.54, 1.807) is 0 Å². The molecule has 0 fully saturated rings. The van der Waals surface area contributed by atoms with Crippen LogP contribution in [-0.2, 0) is 46.3 Å². The van der Waals surface area contributed by atoms with E-state index < -0.39 is 0 Å². The van der Waals surface area contributed by atoms with Crippen LogP contribution in [0.1, 0.15) is 13.3 Å². The third-order valence-corrected chi connectivity index (χ3v) is 1.18. The molecule has 0 heterocycles. The molecule has 0 unspecified atom stereocenters. The number of nitrogens with zero attached hydrogens (tertiary/aromatic N) is 1. The molecule has 0 spiro atoms. The second-order valence-electron chi connectivity index (χ2n) is 1.20. The minimum Gasteiger partial charge on any atom is -0.819 e. The van der Waals surface area contributed by atoms with Crippen molar-refractivity contribution >= 4 is 25.3 Å². The third-order valence-electron chi connectivity index (χ3n) is 0.705. The van der Waals surface area contributed by atoms with Crippen LogP contribution >= 0.6 is 0 Å². The predicted octanol–water partition coefficient (Wildman–Crippen LogP) is 2.48. The molecule has 0 aliphatic heterocycles. The van der Waals surface area contributed by atoms with Gasteiger partial charge in [0.1, 0.15) is 5.70 Å². The van der Waals surface area contributed by atoms with Gasteiger partial charge in [0.15, 0.2) is 0 Å². The smallest absolute Gasteiger partial charge is 0.819 e. The van der Waals surface area contributed by atoms with Crippen LogP contribution in [0.25, 0.3) is 4.85 Å². The van der Waals surface area contributed by atoms with Gasteiger partial charge in [-0.1, -0.05) is 6.92 Å². The third kappa shape index (κ3) is 10.4. The summed E-state index contributed by atoms with van der Waals surface area (Å²) in [5, 5.41) is 0. The Balaban J connectivity index is -0.0000000817. The van der Waals surface area contributed by atoms with Crippen molar-refractivity contribution in [2.75, 3.05) is 0 Å². The molecule has 0 radical (unpaired) electrons. The van der Waals surface area contributed by atoms with Crippen LogP contribution in [0.15, 0.2) is 9.93 Å². The van der Waals surface area contributed by atoms with Gasteiger partial charge in [0.25, 0.3) is 0 Å². The first-order chi connectivity index (χ1) is 3.72. The number of hydrogen-bond donors (Lipinski definition) is 0. The molecule has 0 atom stereocenters. The van der Waals surface area contributed by atoms with Gasteiger partial charge in [-0.05, 0) is 6.42 Å². The number of allylic oxidation sites excluding steroid dienone is 1. The Labute approximate surface area is 95.6 Å². The summed E-state index contributed by atoms with van der Waals surface area (Å²) in [6, 6.07) is 0. The first kappa shape index (κ1) is 22.5. The maximum absolute atomic E-state index is 6.52. The SMILES string of the molecule is [C-]#[N+]C(CC)=C([S-])[S-].[CH3-].[CH3-].[Pt+4]. The number of hydrogen-bond acceptors (Lipinski definition) is 2. The largest absolute Gasteiger partial charge is 4.00 e. The molecule has 0 saturated heterocycles. The van der Waals surface area contributed by atoms with Gasteiger partial charge in [-0.25, -0.2) is 4.85 Å². The summed E-state index contributed by atoms with van der Waals surface area (Å²) in [5.74, 6) is 0. The first-order valence-electron chi connectivity index (χ1n) is 2.17. The average Bonchev–Trinajstić information content (AvgIpc) is 1.69. The summed E-state index contributed by atoms with van der Waals surface area (Å²) >= 11 is 9.16. The van der Waals surface area contributed by atoms with Crippen molar-refractivity contribution in [2.45, 2.75) is 13.3 Å². The van der Waals surface area contributed by atoms with Crippen molar-refractivity contribution in [1.82, 2.24) is 0 Å². The summed E-state index contributed by atoms with van der Waals surface area (Å²) in [5.41, 5.74) is 0.523. The second-order valence-corrected chi connectivity index (χ2v) is 2.27. The van der Waals surface area contributed by atoms with Crippen molar-refractivity contribution in [2.24, 2.45) is 0 Å². The van der Waals surface area contributed by atoms with Crippen molar-refractivity contribution in [3.63, 3.8) is 0 Å². The van der Waals surface area contributed by atoms with Gasteiger partial charge in [0, 0.05) is 0 Å². The molecule has 0 saturated carbocycles. The molecule has 66 valence electrons. The molecule has 0 amide bonds. The minimum atomic E-state index is 0. The molecule has 1 nitrogen and oxygen atoms in total. The Morgan fingerprint density at radius 1 is 1.36 bits per heavy atom. The Hall–Kier alpha value is 0.358. The molecule has 0 rings (SSSR count). The van der Waals surface area contributed by atoms with Crippen LogP contribution in [0.3, 0.4) is 0 Å². The van der Waals surface area contributed by atoms with E-state index in [2.05, 4.69) is 30.1 Å². The van der Waals surface area contributed by atoms with Crippen molar-refractivity contribution in [3.05, 3.63) is 36.2 Å². The topological polar surface area (TPSA) is 4.36 Å². The van der Waals surface area contributed by atoms with Gasteiger partial charge in [0.05, 0.1) is 6.57 Å². The molecule has 0 aliphatic rings. The molecule has 0 aromatic carbocycles. The Morgan fingerprint density at radius 2 is 1.73 bits per heavy atom. The molecular formula is C7H11NPtS2. The van der Waals surface area contributed by atoms with Crippen LogP contribution in [0, 0.1) is 21.4 Å². The van der Waals surface area contributed by atoms with Crippen LogP contribution < -0.4 is 0 Å². The average molecular weight is 368 g/mol. The summed E-state index contributed by atoms with van der Waals surface area (Å²) < 4.78 is 0.308. The Kier molecular flexibility index (Phi) is 26.6. The van der Waals surface area contributed by atoms with Gasteiger partial charge in [-0.15, -0.1) is 0 Å². The van der Waals surface area contributed by atoms with Crippen molar-refractivity contribution < 1.29 is 21.1 Å². The zero-order valence-corrected chi connectivity index (χ0v) is 10.7. The van der Waals surface area contributed by atoms with Crippen molar-refractivity contribution in [3.8, 4) is 0 Å². The minimum absolute atomic E-state index is 0. The molecule has 0 aromatic rings. The van der Waals surface area contributed by atoms with E-state index in [-0.39, 0.29) is 35.9 Å². The van der Waals surface area contributed by atoms with Crippen molar-refractivity contribution in [1.29, 1.82) is 0 Å².